The highest BCUT2D eigenvalue weighted by Crippen LogP contribution is 2.47. The van der Waals surface area contributed by atoms with Crippen LogP contribution in [0.15, 0.2) is 54.6 Å². The van der Waals surface area contributed by atoms with Crippen LogP contribution < -0.4 is 5.32 Å². The number of hydrogen-bond acceptors (Lipinski definition) is 1. The van der Waals surface area contributed by atoms with Crippen LogP contribution in [0.25, 0.3) is 0 Å². The molecule has 0 atom stereocenters. The van der Waals surface area contributed by atoms with Gasteiger partial charge in [0.05, 0.1) is 0 Å². The van der Waals surface area contributed by atoms with Gasteiger partial charge >= 0.3 is 0 Å². The van der Waals surface area contributed by atoms with Gasteiger partial charge in [-0.2, -0.15) is 0 Å². The molecule has 0 unspecified atom stereocenters. The summed E-state index contributed by atoms with van der Waals surface area (Å²) in [5.74, 6) is 0.0172. The molecular formula is C17H16INO. The lowest BCUT2D eigenvalue weighted by molar-refractivity contribution is 0.0949. The second-order valence-electron chi connectivity index (χ2n) is 5.34. The quantitative estimate of drug-likeness (QED) is 0.808. The molecule has 0 spiro atoms. The lowest BCUT2D eigenvalue weighted by Crippen LogP contribution is -2.32. The average molecular weight is 377 g/mol. The van der Waals surface area contributed by atoms with Crippen LogP contribution in [0.3, 0.4) is 0 Å². The van der Waals surface area contributed by atoms with Gasteiger partial charge in [0, 0.05) is 21.1 Å². The van der Waals surface area contributed by atoms with Gasteiger partial charge in [0.1, 0.15) is 0 Å². The summed E-state index contributed by atoms with van der Waals surface area (Å²) < 4.78 is 1.14. The Morgan fingerprint density at radius 3 is 2.30 bits per heavy atom. The largest absolute Gasteiger partial charge is 0.351 e. The van der Waals surface area contributed by atoms with Crippen LogP contribution in [0.4, 0.5) is 0 Å². The first-order valence-electron chi connectivity index (χ1n) is 6.79. The predicted molar refractivity (Wildman–Crippen MR) is 88.8 cm³/mol. The maximum Gasteiger partial charge on any atom is 0.251 e. The number of hydrogen-bond donors (Lipinski definition) is 1. The molecule has 3 heteroatoms. The average Bonchev–Trinajstić information content (AvgIpc) is 3.28. The van der Waals surface area contributed by atoms with Gasteiger partial charge in [-0.15, -0.1) is 0 Å². The molecule has 0 aromatic heterocycles. The van der Waals surface area contributed by atoms with Crippen molar-refractivity contribution in [2.45, 2.75) is 18.3 Å². The van der Waals surface area contributed by atoms with E-state index in [2.05, 4.69) is 52.2 Å². The van der Waals surface area contributed by atoms with Gasteiger partial charge in [0.25, 0.3) is 5.91 Å². The zero-order valence-corrected chi connectivity index (χ0v) is 13.3. The summed E-state index contributed by atoms with van der Waals surface area (Å²) in [4.78, 5) is 12.1. The molecular weight excluding hydrogens is 361 g/mol. The SMILES string of the molecule is O=C(NCC1(c2ccccc2)CC1)c1ccc(I)cc1. The summed E-state index contributed by atoms with van der Waals surface area (Å²) >= 11 is 2.24. The van der Waals surface area contributed by atoms with Crippen molar-refractivity contribution in [3.8, 4) is 0 Å². The van der Waals surface area contributed by atoms with Crippen molar-refractivity contribution < 1.29 is 4.79 Å². The highest BCUT2D eigenvalue weighted by Gasteiger charge is 2.44. The van der Waals surface area contributed by atoms with Gasteiger partial charge in [0.2, 0.25) is 0 Å². The Morgan fingerprint density at radius 2 is 1.70 bits per heavy atom. The van der Waals surface area contributed by atoms with Crippen molar-refractivity contribution in [2.24, 2.45) is 0 Å². The normalized spacial score (nSPS) is 15.7. The molecule has 1 aliphatic carbocycles. The molecule has 0 aliphatic heterocycles. The van der Waals surface area contributed by atoms with Crippen molar-refractivity contribution in [3.05, 3.63) is 69.3 Å². The zero-order valence-electron chi connectivity index (χ0n) is 11.1. The number of amides is 1. The van der Waals surface area contributed by atoms with Crippen LogP contribution >= 0.6 is 22.6 Å². The van der Waals surface area contributed by atoms with E-state index in [1.54, 1.807) is 0 Å². The van der Waals surface area contributed by atoms with E-state index in [9.17, 15) is 4.79 Å². The fourth-order valence-electron chi connectivity index (χ4n) is 2.46. The highest BCUT2D eigenvalue weighted by molar-refractivity contribution is 14.1. The Morgan fingerprint density at radius 1 is 1.05 bits per heavy atom. The first kappa shape index (κ1) is 13.6. The predicted octanol–water partition coefficient (Wildman–Crippen LogP) is 3.75. The minimum atomic E-state index is 0.0172. The molecule has 1 N–H and O–H groups in total. The summed E-state index contributed by atoms with van der Waals surface area (Å²) in [5.41, 5.74) is 2.23. The standard InChI is InChI=1S/C17H16INO/c18-15-8-6-13(7-9-15)16(20)19-12-17(10-11-17)14-4-2-1-3-5-14/h1-9H,10-12H2,(H,19,20). The molecule has 2 nitrogen and oxygen atoms in total. The first-order valence-corrected chi connectivity index (χ1v) is 7.87. The molecule has 0 heterocycles. The molecule has 1 aliphatic rings. The lowest BCUT2D eigenvalue weighted by Gasteiger charge is -2.16. The molecule has 1 amide bonds. The fourth-order valence-corrected chi connectivity index (χ4v) is 2.82. The topological polar surface area (TPSA) is 29.1 Å². The molecule has 2 aromatic carbocycles. The van der Waals surface area contributed by atoms with Gasteiger partial charge < -0.3 is 5.32 Å². The minimum Gasteiger partial charge on any atom is -0.351 e. The monoisotopic (exact) mass is 377 g/mol. The lowest BCUT2D eigenvalue weighted by atomic mass is 9.96. The van der Waals surface area contributed by atoms with Gasteiger partial charge in [-0.25, -0.2) is 0 Å². The minimum absolute atomic E-state index is 0.0172. The fraction of sp³-hybridized carbons (Fsp3) is 0.235. The van der Waals surface area contributed by atoms with E-state index in [1.807, 2.05) is 30.3 Å². The molecule has 20 heavy (non-hydrogen) atoms. The van der Waals surface area contributed by atoms with Gasteiger partial charge in [-0.05, 0) is 65.3 Å². The van der Waals surface area contributed by atoms with Gasteiger partial charge in [-0.3, -0.25) is 4.79 Å². The van der Waals surface area contributed by atoms with Crippen molar-refractivity contribution >= 4 is 28.5 Å². The summed E-state index contributed by atoms with van der Waals surface area (Å²) in [6.45, 7) is 0.724. The summed E-state index contributed by atoms with van der Waals surface area (Å²) in [6, 6.07) is 18.1. The summed E-state index contributed by atoms with van der Waals surface area (Å²) in [5, 5.41) is 3.08. The van der Waals surface area contributed by atoms with Crippen molar-refractivity contribution in [3.63, 3.8) is 0 Å². The first-order chi connectivity index (χ1) is 9.70. The second-order valence-corrected chi connectivity index (χ2v) is 6.58. The Bertz CT molecular complexity index is 603. The van der Waals surface area contributed by atoms with Gasteiger partial charge in [0.15, 0.2) is 0 Å². The Balaban J connectivity index is 1.65. The van der Waals surface area contributed by atoms with E-state index in [4.69, 9.17) is 0 Å². The Kier molecular flexibility index (Phi) is 3.78. The van der Waals surface area contributed by atoms with Crippen LogP contribution in [0.5, 0.6) is 0 Å². The number of rotatable bonds is 4. The van der Waals surface area contributed by atoms with Crippen molar-refractivity contribution in [1.82, 2.24) is 5.32 Å². The number of benzene rings is 2. The molecule has 1 fully saturated rings. The van der Waals surface area contributed by atoms with Crippen LogP contribution in [0.2, 0.25) is 0 Å². The Hall–Kier alpha value is -1.36. The van der Waals surface area contributed by atoms with E-state index >= 15 is 0 Å². The number of halogens is 1. The van der Waals surface area contributed by atoms with E-state index in [0.717, 1.165) is 28.5 Å². The smallest absolute Gasteiger partial charge is 0.251 e. The molecule has 102 valence electrons. The third-order valence-electron chi connectivity index (χ3n) is 3.93. The van der Waals surface area contributed by atoms with Gasteiger partial charge in [-0.1, -0.05) is 30.3 Å². The van der Waals surface area contributed by atoms with E-state index in [0.29, 0.717) is 0 Å². The van der Waals surface area contributed by atoms with E-state index < -0.39 is 0 Å². The van der Waals surface area contributed by atoms with Crippen LogP contribution in [-0.4, -0.2) is 12.5 Å². The van der Waals surface area contributed by atoms with Crippen molar-refractivity contribution in [2.75, 3.05) is 6.54 Å². The van der Waals surface area contributed by atoms with Crippen LogP contribution in [-0.2, 0) is 5.41 Å². The van der Waals surface area contributed by atoms with E-state index in [-0.39, 0.29) is 11.3 Å². The third-order valence-corrected chi connectivity index (χ3v) is 4.65. The second kappa shape index (κ2) is 5.56. The van der Waals surface area contributed by atoms with E-state index in [1.165, 1.54) is 5.56 Å². The third kappa shape index (κ3) is 2.87. The zero-order chi connectivity index (χ0) is 14.0. The maximum atomic E-state index is 12.1. The van der Waals surface area contributed by atoms with Crippen LogP contribution in [0.1, 0.15) is 28.8 Å². The molecule has 0 bridgehead atoms. The maximum absolute atomic E-state index is 12.1. The molecule has 0 saturated heterocycles. The number of carbonyl (C=O) groups excluding carboxylic acids is 1. The van der Waals surface area contributed by atoms with Crippen LogP contribution in [0, 0.1) is 3.57 Å². The molecule has 3 rings (SSSR count). The summed E-state index contributed by atoms with van der Waals surface area (Å²) in [7, 11) is 0. The highest BCUT2D eigenvalue weighted by atomic mass is 127. The molecule has 0 radical (unpaired) electrons. The van der Waals surface area contributed by atoms with Crippen molar-refractivity contribution in [1.29, 1.82) is 0 Å². The molecule has 1 saturated carbocycles. The number of nitrogens with one attached hydrogen (secondary N) is 1. The molecule has 2 aromatic rings. The Labute approximate surface area is 132 Å². The number of carbonyl (C=O) groups is 1. The summed E-state index contributed by atoms with van der Waals surface area (Å²) in [6.07, 6.45) is 2.31.